The van der Waals surface area contributed by atoms with Crippen molar-refractivity contribution >= 4 is 17.4 Å². The lowest BCUT2D eigenvalue weighted by Gasteiger charge is -2.24. The van der Waals surface area contributed by atoms with Gasteiger partial charge in [-0.05, 0) is 55.9 Å². The Morgan fingerprint density at radius 2 is 1.96 bits per heavy atom. The molecule has 0 radical (unpaired) electrons. The van der Waals surface area contributed by atoms with Crippen LogP contribution in [0.1, 0.15) is 33.3 Å². The zero-order chi connectivity index (χ0) is 17.4. The van der Waals surface area contributed by atoms with Crippen LogP contribution in [-0.2, 0) is 6.42 Å². The Bertz CT molecular complexity index is 583. The van der Waals surface area contributed by atoms with E-state index in [2.05, 4.69) is 76.3 Å². The first kappa shape index (κ1) is 19.4. The number of thioether (sulfide) groups is 1. The summed E-state index contributed by atoms with van der Waals surface area (Å²) < 4.78 is 0. The number of benzene rings is 1. The Hall–Kier alpha value is -1.61. The summed E-state index contributed by atoms with van der Waals surface area (Å²) in [5, 5.41) is 3.27. The highest BCUT2D eigenvalue weighted by Crippen LogP contribution is 2.27. The average molecular weight is 331 g/mol. The van der Waals surface area contributed by atoms with Gasteiger partial charge in [0, 0.05) is 29.0 Å². The van der Waals surface area contributed by atoms with Crippen LogP contribution < -0.4 is 10.2 Å². The first-order valence-corrected chi connectivity index (χ1v) is 9.11. The number of hydrogen-bond acceptors (Lipinski definition) is 3. The molecule has 23 heavy (non-hydrogen) atoms. The molecule has 0 spiro atoms. The Kier molecular flexibility index (Phi) is 8.04. The van der Waals surface area contributed by atoms with Crippen molar-refractivity contribution in [1.29, 1.82) is 0 Å². The van der Waals surface area contributed by atoms with Gasteiger partial charge in [0.2, 0.25) is 0 Å². The molecule has 0 aromatic heterocycles. The molecule has 0 amide bonds. The molecule has 2 nitrogen and oxygen atoms in total. The zero-order valence-electron chi connectivity index (χ0n) is 15.2. The van der Waals surface area contributed by atoms with Crippen LogP contribution in [-0.4, -0.2) is 19.3 Å². The minimum absolute atomic E-state index is 0.753. The van der Waals surface area contributed by atoms with Crippen molar-refractivity contribution in [1.82, 2.24) is 5.32 Å². The quantitative estimate of drug-likeness (QED) is 0.483. The zero-order valence-corrected chi connectivity index (χ0v) is 16.0. The van der Waals surface area contributed by atoms with E-state index >= 15 is 0 Å². The summed E-state index contributed by atoms with van der Waals surface area (Å²) in [6, 6.07) is 6.73. The summed E-state index contributed by atoms with van der Waals surface area (Å²) in [6.45, 7) is 17.4. The van der Waals surface area contributed by atoms with E-state index in [-0.39, 0.29) is 0 Å². The fourth-order valence-corrected chi connectivity index (χ4v) is 3.22. The molecule has 1 N–H and O–H groups in total. The fourth-order valence-electron chi connectivity index (χ4n) is 2.50. The number of anilines is 1. The van der Waals surface area contributed by atoms with E-state index in [1.54, 1.807) is 0 Å². The smallest absolute Gasteiger partial charge is 0.0570 e. The summed E-state index contributed by atoms with van der Waals surface area (Å²) >= 11 is 1.89. The third-order valence-electron chi connectivity index (χ3n) is 3.38. The Morgan fingerprint density at radius 1 is 1.26 bits per heavy atom. The van der Waals surface area contributed by atoms with Gasteiger partial charge in [-0.15, -0.1) is 11.8 Å². The van der Waals surface area contributed by atoms with Crippen molar-refractivity contribution in [2.24, 2.45) is 0 Å². The largest absolute Gasteiger partial charge is 0.369 e. The molecule has 126 valence electrons. The molecule has 0 atom stereocenters. The van der Waals surface area contributed by atoms with E-state index in [1.807, 2.05) is 17.8 Å². The van der Waals surface area contributed by atoms with Crippen LogP contribution in [0, 0.1) is 0 Å². The second kappa shape index (κ2) is 9.51. The summed E-state index contributed by atoms with van der Waals surface area (Å²) in [6.07, 6.45) is 3.06. The van der Waals surface area contributed by atoms with Crippen LogP contribution in [0.2, 0.25) is 0 Å². The second-order valence-corrected chi connectivity index (χ2v) is 7.25. The van der Waals surface area contributed by atoms with Crippen molar-refractivity contribution in [3.8, 4) is 0 Å². The summed E-state index contributed by atoms with van der Waals surface area (Å²) in [4.78, 5) is 3.58. The highest BCUT2D eigenvalue weighted by Gasteiger charge is 2.09. The maximum absolute atomic E-state index is 4.12. The normalized spacial score (nSPS) is 10.1. The number of aryl methyl sites for hydroxylation is 1. The van der Waals surface area contributed by atoms with Crippen LogP contribution >= 0.6 is 11.8 Å². The molecule has 0 aliphatic rings. The van der Waals surface area contributed by atoms with Crippen molar-refractivity contribution in [2.75, 3.05) is 24.2 Å². The first-order valence-electron chi connectivity index (χ1n) is 8.12. The minimum Gasteiger partial charge on any atom is -0.369 e. The topological polar surface area (TPSA) is 15.3 Å². The van der Waals surface area contributed by atoms with E-state index in [4.69, 9.17) is 0 Å². The van der Waals surface area contributed by atoms with Crippen molar-refractivity contribution < 1.29 is 0 Å². The lowest BCUT2D eigenvalue weighted by molar-refractivity contribution is 0.882. The molecule has 0 saturated heterocycles. The van der Waals surface area contributed by atoms with E-state index in [9.17, 15) is 0 Å². The molecule has 1 aromatic carbocycles. The monoisotopic (exact) mass is 330 g/mol. The second-order valence-electron chi connectivity index (χ2n) is 5.91. The van der Waals surface area contributed by atoms with E-state index in [1.165, 1.54) is 21.7 Å². The molecular formula is C20H30N2S. The Labute approximate surface area is 146 Å². The number of nitrogens with one attached hydrogen (secondary N) is 1. The maximum atomic E-state index is 4.12. The third-order valence-corrected chi connectivity index (χ3v) is 4.26. The Morgan fingerprint density at radius 3 is 2.52 bits per heavy atom. The van der Waals surface area contributed by atoms with E-state index in [0.717, 1.165) is 30.1 Å². The molecular weight excluding hydrogens is 300 g/mol. The molecule has 1 rings (SSSR count). The van der Waals surface area contributed by atoms with Crippen molar-refractivity contribution in [3.63, 3.8) is 0 Å². The van der Waals surface area contributed by atoms with Crippen molar-refractivity contribution in [2.45, 2.75) is 39.0 Å². The molecule has 0 bridgehead atoms. The number of allylic oxidation sites excluding steroid dienone is 2. The van der Waals surface area contributed by atoms with Crippen LogP contribution in [0.3, 0.4) is 0 Å². The van der Waals surface area contributed by atoms with Crippen LogP contribution in [0.25, 0.3) is 0 Å². The molecule has 0 aliphatic heterocycles. The summed E-state index contributed by atoms with van der Waals surface area (Å²) in [5.74, 6) is 1.10. The van der Waals surface area contributed by atoms with Crippen LogP contribution in [0.4, 0.5) is 5.69 Å². The summed E-state index contributed by atoms with van der Waals surface area (Å²) in [7, 11) is 2.11. The first-order chi connectivity index (χ1) is 10.9. The van der Waals surface area contributed by atoms with Gasteiger partial charge < -0.3 is 10.2 Å². The van der Waals surface area contributed by atoms with Gasteiger partial charge in [0.25, 0.3) is 0 Å². The Balaban J connectivity index is 2.77. The van der Waals surface area contributed by atoms with Crippen LogP contribution in [0.15, 0.2) is 59.3 Å². The van der Waals surface area contributed by atoms with Gasteiger partial charge >= 0.3 is 0 Å². The standard InChI is InChI=1S/C20H30N2S/c1-8-18-13-19(23-9-2)10-11-20(18)22(7)14-17(6)21-16(5)12-15(3)4/h10-13,21H,5-6,8-9,14H2,1-4,7H3. The van der Waals surface area contributed by atoms with Gasteiger partial charge in [-0.1, -0.05) is 32.6 Å². The molecule has 0 aliphatic carbocycles. The van der Waals surface area contributed by atoms with Crippen LogP contribution in [0.5, 0.6) is 0 Å². The molecule has 0 fully saturated rings. The predicted molar refractivity (Wildman–Crippen MR) is 106 cm³/mol. The van der Waals surface area contributed by atoms with Gasteiger partial charge in [-0.25, -0.2) is 0 Å². The number of rotatable bonds is 9. The summed E-state index contributed by atoms with van der Waals surface area (Å²) in [5.41, 5.74) is 5.70. The highest BCUT2D eigenvalue weighted by molar-refractivity contribution is 7.99. The number of likely N-dealkylation sites (N-methyl/N-ethyl adjacent to an activating group) is 1. The highest BCUT2D eigenvalue weighted by atomic mass is 32.2. The predicted octanol–water partition coefficient (Wildman–Crippen LogP) is 5.38. The lowest BCUT2D eigenvalue weighted by atomic mass is 10.1. The third kappa shape index (κ3) is 6.57. The van der Waals surface area contributed by atoms with E-state index < -0.39 is 0 Å². The molecule has 0 heterocycles. The fraction of sp³-hybridized carbons (Fsp3) is 0.400. The average Bonchev–Trinajstić information content (AvgIpc) is 2.46. The van der Waals surface area contributed by atoms with Gasteiger partial charge in [-0.2, -0.15) is 0 Å². The van der Waals surface area contributed by atoms with E-state index in [0.29, 0.717) is 0 Å². The SMILES string of the molecule is C=C(C=C(C)C)NC(=C)CN(C)c1ccc(SCC)cc1CC. The van der Waals surface area contributed by atoms with Gasteiger partial charge in [0.1, 0.15) is 0 Å². The van der Waals surface area contributed by atoms with Crippen molar-refractivity contribution in [3.05, 3.63) is 60.0 Å². The van der Waals surface area contributed by atoms with Gasteiger partial charge in [0.15, 0.2) is 0 Å². The molecule has 1 aromatic rings. The number of nitrogens with zero attached hydrogens (tertiary/aromatic N) is 1. The van der Waals surface area contributed by atoms with Gasteiger partial charge in [-0.3, -0.25) is 0 Å². The molecule has 0 saturated carbocycles. The van der Waals surface area contributed by atoms with Gasteiger partial charge in [0.05, 0.1) is 6.54 Å². The number of hydrogen-bond donors (Lipinski definition) is 1. The minimum atomic E-state index is 0.753. The maximum Gasteiger partial charge on any atom is 0.0570 e. The molecule has 0 unspecified atom stereocenters. The molecule has 3 heteroatoms. The lowest BCUT2D eigenvalue weighted by Crippen LogP contribution is -2.26.